The van der Waals surface area contributed by atoms with Crippen LogP contribution in [-0.4, -0.2) is 71.9 Å². The van der Waals surface area contributed by atoms with Crippen LogP contribution in [0.2, 0.25) is 0 Å². The molecule has 9 heteroatoms. The first kappa shape index (κ1) is 25.5. The van der Waals surface area contributed by atoms with Gasteiger partial charge in [0.25, 0.3) is 5.91 Å². The summed E-state index contributed by atoms with van der Waals surface area (Å²) < 4.78 is 17.2. The Morgan fingerprint density at radius 2 is 1.97 bits per heavy atom. The van der Waals surface area contributed by atoms with Crippen LogP contribution in [0.25, 0.3) is 0 Å². The first-order chi connectivity index (χ1) is 16.4. The summed E-state index contributed by atoms with van der Waals surface area (Å²) in [6, 6.07) is 10.5. The quantitative estimate of drug-likeness (QED) is 0.639. The minimum absolute atomic E-state index is 0.0113. The normalized spacial score (nSPS) is 15.5. The maximum absolute atomic E-state index is 13.4. The molecule has 2 aromatic rings. The summed E-state index contributed by atoms with van der Waals surface area (Å²) >= 11 is 0. The van der Waals surface area contributed by atoms with Crippen LogP contribution in [0.5, 0.6) is 17.4 Å². The van der Waals surface area contributed by atoms with Crippen molar-refractivity contribution in [3.05, 3.63) is 48.2 Å². The number of nitrogens with one attached hydrogen (secondary N) is 1. The molecule has 1 aromatic heterocycles. The van der Waals surface area contributed by atoms with Crippen molar-refractivity contribution in [2.45, 2.75) is 45.3 Å². The number of rotatable bonds is 7. The maximum Gasteiger partial charge on any atom is 0.259 e. The van der Waals surface area contributed by atoms with Crippen molar-refractivity contribution in [1.29, 1.82) is 0 Å². The number of ether oxygens (including phenoxy) is 3. The number of aliphatic hydroxyl groups excluding tert-OH is 1. The molecule has 1 unspecified atom stereocenters. The van der Waals surface area contributed by atoms with Gasteiger partial charge in [-0.25, -0.2) is 4.98 Å². The molecular formula is C25H33N3O6. The van der Waals surface area contributed by atoms with Crippen molar-refractivity contribution in [1.82, 2.24) is 15.2 Å². The summed E-state index contributed by atoms with van der Waals surface area (Å²) in [5.41, 5.74) is 0.259. The van der Waals surface area contributed by atoms with Gasteiger partial charge >= 0.3 is 0 Å². The van der Waals surface area contributed by atoms with Crippen molar-refractivity contribution in [3.63, 3.8) is 0 Å². The first-order valence-corrected chi connectivity index (χ1v) is 11.6. The molecule has 0 radical (unpaired) electrons. The number of aromatic nitrogens is 1. The second kappa shape index (κ2) is 12.9. The van der Waals surface area contributed by atoms with Gasteiger partial charge in [0.15, 0.2) is 11.5 Å². The Bertz CT molecular complexity index is 952. The fourth-order valence-corrected chi connectivity index (χ4v) is 3.40. The van der Waals surface area contributed by atoms with E-state index in [1.165, 1.54) is 4.90 Å². The minimum Gasteiger partial charge on any atom is -0.490 e. The predicted molar refractivity (Wildman–Crippen MR) is 126 cm³/mol. The van der Waals surface area contributed by atoms with Crippen molar-refractivity contribution >= 4 is 11.8 Å². The SMILES string of the molecule is CC(C)OCC(O)CNC(=O)CN1CCCCCOc2ccccc2Oc2ncccc2C1=O. The molecule has 1 aromatic carbocycles. The molecule has 0 saturated carbocycles. The third-order valence-corrected chi connectivity index (χ3v) is 5.17. The monoisotopic (exact) mass is 471 g/mol. The molecule has 0 saturated heterocycles. The molecular weight excluding hydrogens is 438 g/mol. The van der Waals surface area contributed by atoms with Crippen LogP contribution in [0.15, 0.2) is 42.6 Å². The molecule has 1 aliphatic rings. The number of benzene rings is 1. The molecule has 0 bridgehead atoms. The largest absolute Gasteiger partial charge is 0.490 e. The van der Waals surface area contributed by atoms with E-state index in [1.54, 1.807) is 24.4 Å². The van der Waals surface area contributed by atoms with E-state index in [9.17, 15) is 14.7 Å². The average Bonchev–Trinajstić information content (AvgIpc) is 2.84. The van der Waals surface area contributed by atoms with Gasteiger partial charge in [0.05, 0.1) is 32.0 Å². The lowest BCUT2D eigenvalue weighted by Crippen LogP contribution is -2.44. The van der Waals surface area contributed by atoms with Crippen LogP contribution in [0, 0.1) is 0 Å². The molecule has 184 valence electrons. The van der Waals surface area contributed by atoms with Gasteiger partial charge in [-0.1, -0.05) is 12.1 Å². The average molecular weight is 472 g/mol. The topological polar surface area (TPSA) is 110 Å². The van der Waals surface area contributed by atoms with E-state index in [4.69, 9.17) is 14.2 Å². The van der Waals surface area contributed by atoms with Crippen molar-refractivity contribution in [2.24, 2.45) is 0 Å². The predicted octanol–water partition coefficient (Wildman–Crippen LogP) is 2.78. The Morgan fingerprint density at radius 1 is 1.18 bits per heavy atom. The van der Waals surface area contributed by atoms with Crippen LogP contribution in [-0.2, 0) is 9.53 Å². The molecule has 9 nitrogen and oxygen atoms in total. The summed E-state index contributed by atoms with van der Waals surface area (Å²) in [4.78, 5) is 31.8. The summed E-state index contributed by atoms with van der Waals surface area (Å²) in [5, 5.41) is 12.7. The number of hydrogen-bond acceptors (Lipinski definition) is 7. The lowest BCUT2D eigenvalue weighted by molar-refractivity contribution is -0.122. The zero-order chi connectivity index (χ0) is 24.3. The Labute approximate surface area is 200 Å². The molecule has 34 heavy (non-hydrogen) atoms. The van der Waals surface area contributed by atoms with Gasteiger partial charge in [0, 0.05) is 19.3 Å². The highest BCUT2D eigenvalue weighted by Gasteiger charge is 2.24. The van der Waals surface area contributed by atoms with Crippen LogP contribution < -0.4 is 14.8 Å². The van der Waals surface area contributed by atoms with E-state index in [0.29, 0.717) is 31.1 Å². The van der Waals surface area contributed by atoms with E-state index in [1.807, 2.05) is 32.0 Å². The van der Waals surface area contributed by atoms with Crippen LogP contribution in [0.4, 0.5) is 0 Å². The van der Waals surface area contributed by atoms with E-state index in [-0.39, 0.29) is 49.1 Å². The number of aliphatic hydroxyl groups is 1. The molecule has 0 fully saturated rings. The molecule has 3 rings (SSSR count). The summed E-state index contributed by atoms with van der Waals surface area (Å²) in [6.07, 6.45) is 3.06. The van der Waals surface area contributed by atoms with Crippen LogP contribution in [0.3, 0.4) is 0 Å². The highest BCUT2D eigenvalue weighted by molar-refractivity contribution is 5.98. The van der Waals surface area contributed by atoms with Crippen LogP contribution in [0.1, 0.15) is 43.5 Å². The number of carbonyl (C=O) groups is 2. The third-order valence-electron chi connectivity index (χ3n) is 5.17. The Balaban J connectivity index is 1.73. The number of pyridine rings is 1. The number of para-hydroxylation sites is 2. The maximum atomic E-state index is 13.4. The zero-order valence-corrected chi connectivity index (χ0v) is 19.7. The highest BCUT2D eigenvalue weighted by Crippen LogP contribution is 2.32. The Hall–Kier alpha value is -3.17. The van der Waals surface area contributed by atoms with Gasteiger partial charge in [-0.05, 0) is 57.4 Å². The number of hydrogen-bond donors (Lipinski definition) is 2. The first-order valence-electron chi connectivity index (χ1n) is 11.6. The highest BCUT2D eigenvalue weighted by atomic mass is 16.5. The zero-order valence-electron chi connectivity index (χ0n) is 19.7. The fourth-order valence-electron chi connectivity index (χ4n) is 3.40. The number of amides is 2. The van der Waals surface area contributed by atoms with E-state index < -0.39 is 6.10 Å². The lowest BCUT2D eigenvalue weighted by Gasteiger charge is -2.23. The third kappa shape index (κ3) is 7.71. The molecule has 2 heterocycles. The molecule has 0 spiro atoms. The second-order valence-electron chi connectivity index (χ2n) is 8.38. The van der Waals surface area contributed by atoms with Gasteiger partial charge < -0.3 is 29.5 Å². The second-order valence-corrected chi connectivity index (χ2v) is 8.38. The van der Waals surface area contributed by atoms with E-state index in [0.717, 1.165) is 12.8 Å². The number of carbonyl (C=O) groups excluding carboxylic acids is 2. The molecule has 0 aliphatic carbocycles. The number of fused-ring (bicyclic) bond motifs is 2. The van der Waals surface area contributed by atoms with Crippen molar-refractivity contribution < 1.29 is 28.9 Å². The standard InChI is InChI=1S/C25H33N3O6/c1-18(2)33-17-19(29)15-27-23(30)16-28-13-6-3-7-14-32-21-10-4-5-11-22(21)34-24-20(25(28)31)9-8-12-26-24/h4-5,8-12,18-19,29H,3,6-7,13-17H2,1-2H3,(H,27,30). The van der Waals surface area contributed by atoms with E-state index >= 15 is 0 Å². The Morgan fingerprint density at radius 3 is 2.76 bits per heavy atom. The van der Waals surface area contributed by atoms with Crippen molar-refractivity contribution in [2.75, 3.05) is 32.8 Å². The molecule has 1 aliphatic heterocycles. The lowest BCUT2D eigenvalue weighted by atomic mass is 10.2. The summed E-state index contributed by atoms with van der Waals surface area (Å²) in [6.45, 7) is 4.68. The van der Waals surface area contributed by atoms with Gasteiger partial charge in [-0.3, -0.25) is 9.59 Å². The smallest absolute Gasteiger partial charge is 0.259 e. The molecule has 2 amide bonds. The van der Waals surface area contributed by atoms with Crippen molar-refractivity contribution in [3.8, 4) is 17.4 Å². The minimum atomic E-state index is -0.824. The molecule has 1 atom stereocenters. The van der Waals surface area contributed by atoms with Gasteiger partial charge in [0.1, 0.15) is 5.56 Å². The number of nitrogens with zero attached hydrogens (tertiary/aromatic N) is 2. The van der Waals surface area contributed by atoms with Gasteiger partial charge in [-0.15, -0.1) is 0 Å². The van der Waals surface area contributed by atoms with Gasteiger partial charge in [0.2, 0.25) is 11.8 Å². The summed E-state index contributed by atoms with van der Waals surface area (Å²) in [5.74, 6) is 0.494. The summed E-state index contributed by atoms with van der Waals surface area (Å²) in [7, 11) is 0. The van der Waals surface area contributed by atoms with Crippen LogP contribution >= 0.6 is 0 Å². The molecule has 2 N–H and O–H groups in total. The van der Waals surface area contributed by atoms with Gasteiger partial charge in [-0.2, -0.15) is 0 Å². The Kier molecular flexibility index (Phi) is 9.66. The van der Waals surface area contributed by atoms with E-state index in [2.05, 4.69) is 10.3 Å². The fraction of sp³-hybridized carbons (Fsp3) is 0.480.